The van der Waals surface area contributed by atoms with Gasteiger partial charge in [0.25, 0.3) is 5.88 Å². The summed E-state index contributed by atoms with van der Waals surface area (Å²) in [6, 6.07) is 3.56. The Bertz CT molecular complexity index is 1090. The van der Waals surface area contributed by atoms with E-state index in [4.69, 9.17) is 4.74 Å². The fourth-order valence-corrected chi connectivity index (χ4v) is 3.85. The summed E-state index contributed by atoms with van der Waals surface area (Å²) < 4.78 is 33.7. The van der Waals surface area contributed by atoms with Gasteiger partial charge in [0.1, 0.15) is 11.6 Å². The van der Waals surface area contributed by atoms with E-state index in [0.717, 1.165) is 6.07 Å². The number of hydrogen-bond acceptors (Lipinski definition) is 7. The molecule has 8 nitrogen and oxygen atoms in total. The van der Waals surface area contributed by atoms with E-state index < -0.39 is 11.6 Å². The predicted molar refractivity (Wildman–Crippen MR) is 114 cm³/mol. The Morgan fingerprint density at radius 3 is 2.44 bits per heavy atom. The lowest BCUT2D eigenvalue weighted by atomic mass is 10.1. The minimum atomic E-state index is -0.581. The molecule has 1 fully saturated rings. The highest BCUT2D eigenvalue weighted by Gasteiger charge is 2.22. The van der Waals surface area contributed by atoms with Crippen LogP contribution in [0.2, 0.25) is 0 Å². The van der Waals surface area contributed by atoms with Crippen LogP contribution in [-0.2, 0) is 0 Å². The Kier molecular flexibility index (Phi) is 6.40. The second kappa shape index (κ2) is 9.39. The number of hydrogen-bond donors (Lipinski definition) is 0. The van der Waals surface area contributed by atoms with Crippen molar-refractivity contribution in [2.45, 2.75) is 13.3 Å². The van der Waals surface area contributed by atoms with Crippen molar-refractivity contribution in [3.05, 3.63) is 59.7 Å². The van der Waals surface area contributed by atoms with Crippen LogP contribution in [-0.4, -0.2) is 70.3 Å². The topological polar surface area (TPSA) is 76.4 Å². The smallest absolute Gasteiger partial charge is 0.259 e. The number of Topliss-reactive ketones (excluding diaryl/α,β-unsaturated/α-hetero) is 1. The van der Waals surface area contributed by atoms with Crippen molar-refractivity contribution < 1.29 is 18.3 Å². The molecule has 0 N–H and O–H groups in total. The zero-order valence-corrected chi connectivity index (χ0v) is 18.0. The molecule has 3 heterocycles. The zero-order valence-electron chi connectivity index (χ0n) is 18.0. The molecule has 0 atom stereocenters. The summed E-state index contributed by atoms with van der Waals surface area (Å²) in [5.41, 5.74) is 1.75. The standard InChI is InChI=1S/C22H24F2N6O2/c1-15-19(14-27-30(15)21-22(32-2)26-5-4-25-21)20(31)3-6-28-7-9-29(10-8-28)18-12-16(23)11-17(24)13-18/h4-5,11-14H,3,6-10H2,1-2H3. The van der Waals surface area contributed by atoms with Crippen LogP contribution < -0.4 is 9.64 Å². The monoisotopic (exact) mass is 442 g/mol. The predicted octanol–water partition coefficient (Wildman–Crippen LogP) is 2.65. The molecule has 0 unspecified atom stereocenters. The molecule has 3 aromatic rings. The van der Waals surface area contributed by atoms with E-state index in [0.29, 0.717) is 67.8 Å². The fraction of sp³-hybridized carbons (Fsp3) is 0.364. The van der Waals surface area contributed by atoms with Gasteiger partial charge in [0, 0.05) is 63.3 Å². The summed E-state index contributed by atoms with van der Waals surface area (Å²) in [4.78, 5) is 25.3. The molecule has 0 radical (unpaired) electrons. The molecule has 1 aliphatic rings. The van der Waals surface area contributed by atoms with Crippen LogP contribution in [0.15, 0.2) is 36.8 Å². The Balaban J connectivity index is 1.34. The lowest BCUT2D eigenvalue weighted by molar-refractivity contribution is 0.0962. The average Bonchev–Trinajstić information content (AvgIpc) is 3.18. The molecule has 0 saturated carbocycles. The number of carbonyl (C=O) groups excluding carboxylic acids is 1. The third kappa shape index (κ3) is 4.59. The van der Waals surface area contributed by atoms with Crippen LogP contribution in [0.3, 0.4) is 0 Å². The number of carbonyl (C=O) groups is 1. The number of anilines is 1. The van der Waals surface area contributed by atoms with Crippen LogP contribution in [0, 0.1) is 18.6 Å². The van der Waals surface area contributed by atoms with Gasteiger partial charge in [-0.1, -0.05) is 0 Å². The van der Waals surface area contributed by atoms with Crippen molar-refractivity contribution in [1.82, 2.24) is 24.6 Å². The molecule has 1 aliphatic heterocycles. The number of methoxy groups -OCH3 is 1. The van der Waals surface area contributed by atoms with Gasteiger partial charge in [0.05, 0.1) is 24.6 Å². The van der Waals surface area contributed by atoms with Gasteiger partial charge in [-0.05, 0) is 19.1 Å². The summed E-state index contributed by atoms with van der Waals surface area (Å²) in [5.74, 6) is -0.414. The second-order valence-electron chi connectivity index (χ2n) is 7.57. The van der Waals surface area contributed by atoms with Crippen molar-refractivity contribution in [3.8, 4) is 11.7 Å². The zero-order chi connectivity index (χ0) is 22.7. The number of nitrogens with zero attached hydrogens (tertiary/aromatic N) is 6. The molecule has 32 heavy (non-hydrogen) atoms. The van der Waals surface area contributed by atoms with E-state index in [1.807, 2.05) is 11.8 Å². The minimum Gasteiger partial charge on any atom is -0.478 e. The molecular weight excluding hydrogens is 418 g/mol. The van der Waals surface area contributed by atoms with E-state index in [1.165, 1.54) is 25.4 Å². The van der Waals surface area contributed by atoms with Gasteiger partial charge in [-0.15, -0.1) is 0 Å². The molecule has 1 aromatic carbocycles. The summed E-state index contributed by atoms with van der Waals surface area (Å²) in [6.07, 6.45) is 4.96. The number of aromatic nitrogens is 4. The highest BCUT2D eigenvalue weighted by molar-refractivity contribution is 5.97. The van der Waals surface area contributed by atoms with Gasteiger partial charge < -0.3 is 9.64 Å². The first-order chi connectivity index (χ1) is 15.5. The van der Waals surface area contributed by atoms with E-state index in [1.54, 1.807) is 17.1 Å². The van der Waals surface area contributed by atoms with Crippen LogP contribution in [0.1, 0.15) is 22.5 Å². The SMILES string of the molecule is COc1nccnc1-n1ncc(C(=O)CCN2CCN(c3cc(F)cc(F)c3)CC2)c1C. The molecule has 4 rings (SSSR count). The lowest BCUT2D eigenvalue weighted by Crippen LogP contribution is -2.47. The van der Waals surface area contributed by atoms with Crippen molar-refractivity contribution in [2.75, 3.05) is 44.7 Å². The maximum Gasteiger partial charge on any atom is 0.259 e. The van der Waals surface area contributed by atoms with E-state index >= 15 is 0 Å². The second-order valence-corrected chi connectivity index (χ2v) is 7.57. The maximum absolute atomic E-state index is 13.5. The summed E-state index contributed by atoms with van der Waals surface area (Å²) >= 11 is 0. The third-order valence-electron chi connectivity index (χ3n) is 5.59. The fourth-order valence-electron chi connectivity index (χ4n) is 3.85. The molecule has 2 aromatic heterocycles. The quantitative estimate of drug-likeness (QED) is 0.521. The Morgan fingerprint density at radius 2 is 1.75 bits per heavy atom. The first-order valence-electron chi connectivity index (χ1n) is 10.3. The molecule has 0 spiro atoms. The number of benzene rings is 1. The number of halogens is 2. The van der Waals surface area contributed by atoms with Crippen molar-refractivity contribution >= 4 is 11.5 Å². The van der Waals surface area contributed by atoms with Crippen molar-refractivity contribution in [1.29, 1.82) is 0 Å². The van der Waals surface area contributed by atoms with Crippen LogP contribution in [0.5, 0.6) is 5.88 Å². The van der Waals surface area contributed by atoms with Crippen molar-refractivity contribution in [3.63, 3.8) is 0 Å². The van der Waals surface area contributed by atoms with Crippen LogP contribution in [0.4, 0.5) is 14.5 Å². The molecule has 1 saturated heterocycles. The number of rotatable bonds is 7. The number of ketones is 1. The van der Waals surface area contributed by atoms with E-state index in [2.05, 4.69) is 20.0 Å². The molecule has 10 heteroatoms. The van der Waals surface area contributed by atoms with E-state index in [-0.39, 0.29) is 5.78 Å². The molecule has 0 bridgehead atoms. The van der Waals surface area contributed by atoms with Crippen LogP contribution >= 0.6 is 0 Å². The van der Waals surface area contributed by atoms with Gasteiger partial charge in [-0.2, -0.15) is 5.10 Å². The van der Waals surface area contributed by atoms with Gasteiger partial charge in [0.2, 0.25) is 5.82 Å². The maximum atomic E-state index is 13.5. The largest absolute Gasteiger partial charge is 0.478 e. The highest BCUT2D eigenvalue weighted by Crippen LogP contribution is 2.22. The molecule has 0 amide bonds. The van der Waals surface area contributed by atoms with Crippen molar-refractivity contribution in [2.24, 2.45) is 0 Å². The summed E-state index contributed by atoms with van der Waals surface area (Å²) in [7, 11) is 1.50. The van der Waals surface area contributed by atoms with Crippen LogP contribution in [0.25, 0.3) is 5.82 Å². The Morgan fingerprint density at radius 1 is 1.06 bits per heavy atom. The molecular formula is C22H24F2N6O2. The first-order valence-corrected chi connectivity index (χ1v) is 10.3. The number of ether oxygens (including phenoxy) is 1. The summed E-state index contributed by atoms with van der Waals surface area (Å²) in [6.45, 7) is 5.11. The van der Waals surface area contributed by atoms with E-state index in [9.17, 15) is 13.6 Å². The lowest BCUT2D eigenvalue weighted by Gasteiger charge is -2.36. The third-order valence-corrected chi connectivity index (χ3v) is 5.59. The first kappa shape index (κ1) is 21.8. The van der Waals surface area contributed by atoms with Gasteiger partial charge in [0.15, 0.2) is 5.78 Å². The average molecular weight is 442 g/mol. The van der Waals surface area contributed by atoms with Gasteiger partial charge >= 0.3 is 0 Å². The number of piperazine rings is 1. The van der Waals surface area contributed by atoms with Gasteiger partial charge in [-0.25, -0.2) is 23.4 Å². The van der Waals surface area contributed by atoms with Gasteiger partial charge in [-0.3, -0.25) is 9.69 Å². The normalized spacial score (nSPS) is 14.6. The Labute approximate surface area is 184 Å². The summed E-state index contributed by atoms with van der Waals surface area (Å²) in [5, 5.41) is 4.30. The minimum absolute atomic E-state index is 0.00811. The Hall–Kier alpha value is -3.40. The highest BCUT2D eigenvalue weighted by atomic mass is 19.1. The molecule has 168 valence electrons. The molecule has 0 aliphatic carbocycles.